The van der Waals surface area contributed by atoms with Crippen LogP contribution in [0.2, 0.25) is 0 Å². The van der Waals surface area contributed by atoms with Gasteiger partial charge in [-0.3, -0.25) is 4.31 Å². The predicted octanol–water partition coefficient (Wildman–Crippen LogP) is 1.89. The molecule has 0 fully saturated rings. The maximum Gasteiger partial charge on any atom is 0.232 e. The molecule has 0 saturated heterocycles. The Morgan fingerprint density at radius 2 is 1.71 bits per heavy atom. The van der Waals surface area contributed by atoms with E-state index in [1.54, 1.807) is 12.1 Å². The second-order valence-electron chi connectivity index (χ2n) is 2.76. The highest BCUT2D eigenvalue weighted by atomic mass is 35.5. The highest BCUT2D eigenvalue weighted by Gasteiger charge is 2.13. The lowest BCUT2D eigenvalue weighted by atomic mass is 10.3. The van der Waals surface area contributed by atoms with E-state index in [9.17, 15) is 8.42 Å². The van der Waals surface area contributed by atoms with E-state index >= 15 is 0 Å². The lowest BCUT2D eigenvalue weighted by Gasteiger charge is -2.19. The van der Waals surface area contributed by atoms with Crippen LogP contribution in [0.1, 0.15) is 6.92 Å². The van der Waals surface area contributed by atoms with Crippen LogP contribution in [-0.4, -0.2) is 21.2 Å². The summed E-state index contributed by atoms with van der Waals surface area (Å²) < 4.78 is 23.9. The van der Waals surface area contributed by atoms with Gasteiger partial charge in [0.25, 0.3) is 0 Å². The van der Waals surface area contributed by atoms with Gasteiger partial charge >= 0.3 is 0 Å². The summed E-state index contributed by atoms with van der Waals surface area (Å²) in [6, 6.07) is 9.07. The molecule has 0 bridgehead atoms. The van der Waals surface area contributed by atoms with E-state index in [0.717, 1.165) is 0 Å². The first-order chi connectivity index (χ1) is 6.05. The normalized spacial score (nSPS) is 10.4. The quantitative estimate of drug-likeness (QED) is 0.803. The Bertz CT molecular complexity index is 364. The summed E-state index contributed by atoms with van der Waals surface area (Å²) in [7, 11) is -3.13. The molecular weight excluding hydrogens is 222 g/mol. The molecule has 0 spiro atoms. The van der Waals surface area contributed by atoms with Crippen LogP contribution in [0.5, 0.6) is 0 Å². The molecule has 0 amide bonds. The van der Waals surface area contributed by atoms with Crippen molar-refractivity contribution in [1.29, 1.82) is 0 Å². The third kappa shape index (κ3) is 3.20. The SMILES string of the molecule is CCN(c1ccccc1)S(C)(=O)=O.Cl. The Balaban J connectivity index is 0.00000169. The molecule has 0 atom stereocenters. The summed E-state index contributed by atoms with van der Waals surface area (Å²) in [6.07, 6.45) is 1.21. The monoisotopic (exact) mass is 235 g/mol. The van der Waals surface area contributed by atoms with E-state index in [2.05, 4.69) is 0 Å². The third-order valence-corrected chi connectivity index (χ3v) is 3.00. The Morgan fingerprint density at radius 1 is 1.21 bits per heavy atom. The van der Waals surface area contributed by atoms with E-state index in [4.69, 9.17) is 0 Å². The van der Waals surface area contributed by atoms with Crippen molar-refractivity contribution < 1.29 is 8.42 Å². The van der Waals surface area contributed by atoms with Crippen molar-refractivity contribution in [2.45, 2.75) is 6.92 Å². The maximum atomic E-state index is 11.3. The van der Waals surface area contributed by atoms with Crippen molar-refractivity contribution in [2.24, 2.45) is 0 Å². The Labute approximate surface area is 91.2 Å². The lowest BCUT2D eigenvalue weighted by Crippen LogP contribution is -2.29. The summed E-state index contributed by atoms with van der Waals surface area (Å²) in [6.45, 7) is 2.27. The van der Waals surface area contributed by atoms with Crippen LogP contribution in [0.4, 0.5) is 5.69 Å². The van der Waals surface area contributed by atoms with Gasteiger partial charge in [0.15, 0.2) is 0 Å². The molecule has 1 aromatic rings. The molecule has 0 N–H and O–H groups in total. The summed E-state index contributed by atoms with van der Waals surface area (Å²) in [4.78, 5) is 0. The number of rotatable bonds is 3. The van der Waals surface area contributed by atoms with E-state index < -0.39 is 10.0 Å². The fraction of sp³-hybridized carbons (Fsp3) is 0.333. The largest absolute Gasteiger partial charge is 0.271 e. The fourth-order valence-electron chi connectivity index (χ4n) is 1.20. The minimum absolute atomic E-state index is 0. The summed E-state index contributed by atoms with van der Waals surface area (Å²) in [5, 5.41) is 0. The molecule has 1 rings (SSSR count). The summed E-state index contributed by atoms with van der Waals surface area (Å²) in [5.74, 6) is 0. The van der Waals surface area contributed by atoms with Crippen LogP contribution in [0, 0.1) is 0 Å². The fourth-order valence-corrected chi connectivity index (χ4v) is 2.18. The van der Waals surface area contributed by atoms with Gasteiger partial charge in [-0.25, -0.2) is 8.42 Å². The number of halogens is 1. The molecule has 80 valence electrons. The van der Waals surface area contributed by atoms with Crippen LogP contribution in [0.3, 0.4) is 0 Å². The van der Waals surface area contributed by atoms with Crippen LogP contribution in [0.15, 0.2) is 30.3 Å². The molecule has 0 heterocycles. The van der Waals surface area contributed by atoms with Crippen LogP contribution in [0.25, 0.3) is 0 Å². The van der Waals surface area contributed by atoms with Crippen molar-refractivity contribution in [3.8, 4) is 0 Å². The molecule has 14 heavy (non-hydrogen) atoms. The Hall–Kier alpha value is -0.740. The molecule has 0 aliphatic carbocycles. The van der Waals surface area contributed by atoms with E-state index in [1.807, 2.05) is 25.1 Å². The van der Waals surface area contributed by atoms with Gasteiger partial charge in [0.05, 0.1) is 11.9 Å². The minimum Gasteiger partial charge on any atom is -0.271 e. The lowest BCUT2D eigenvalue weighted by molar-refractivity contribution is 0.598. The zero-order valence-electron chi connectivity index (χ0n) is 8.17. The molecule has 3 nitrogen and oxygen atoms in total. The van der Waals surface area contributed by atoms with Gasteiger partial charge in [-0.05, 0) is 19.1 Å². The van der Waals surface area contributed by atoms with Crippen LogP contribution in [-0.2, 0) is 10.0 Å². The number of benzene rings is 1. The molecule has 0 aliphatic rings. The van der Waals surface area contributed by atoms with E-state index in [0.29, 0.717) is 12.2 Å². The first-order valence-electron chi connectivity index (χ1n) is 4.08. The van der Waals surface area contributed by atoms with Crippen molar-refractivity contribution in [1.82, 2.24) is 0 Å². The van der Waals surface area contributed by atoms with Crippen molar-refractivity contribution >= 4 is 28.1 Å². The summed E-state index contributed by atoms with van der Waals surface area (Å²) in [5.41, 5.74) is 0.715. The van der Waals surface area contributed by atoms with Crippen molar-refractivity contribution in [3.05, 3.63) is 30.3 Å². The first-order valence-corrected chi connectivity index (χ1v) is 5.93. The first kappa shape index (κ1) is 13.3. The molecule has 1 aromatic carbocycles. The zero-order valence-corrected chi connectivity index (χ0v) is 9.81. The maximum absolute atomic E-state index is 11.3. The molecule has 0 saturated carbocycles. The van der Waals surface area contributed by atoms with Crippen molar-refractivity contribution in [3.63, 3.8) is 0 Å². The summed E-state index contributed by atoms with van der Waals surface area (Å²) >= 11 is 0. The number of hydrogen-bond donors (Lipinski definition) is 0. The number of para-hydroxylation sites is 1. The number of hydrogen-bond acceptors (Lipinski definition) is 2. The van der Waals surface area contributed by atoms with Gasteiger partial charge < -0.3 is 0 Å². The second-order valence-corrected chi connectivity index (χ2v) is 4.67. The predicted molar refractivity (Wildman–Crippen MR) is 61.6 cm³/mol. The second kappa shape index (κ2) is 5.22. The van der Waals surface area contributed by atoms with Gasteiger partial charge in [0, 0.05) is 6.54 Å². The van der Waals surface area contributed by atoms with Crippen LogP contribution >= 0.6 is 12.4 Å². The minimum atomic E-state index is -3.13. The van der Waals surface area contributed by atoms with E-state index in [1.165, 1.54) is 10.6 Å². The van der Waals surface area contributed by atoms with Crippen LogP contribution < -0.4 is 4.31 Å². The number of nitrogens with zero attached hydrogens (tertiary/aromatic N) is 1. The molecular formula is C9H14ClNO2S. The molecule has 0 radical (unpaired) electrons. The average Bonchev–Trinajstić information content (AvgIpc) is 2.05. The Kier molecular flexibility index (Phi) is 4.94. The van der Waals surface area contributed by atoms with Gasteiger partial charge in [-0.1, -0.05) is 18.2 Å². The van der Waals surface area contributed by atoms with Gasteiger partial charge in [0.1, 0.15) is 0 Å². The topological polar surface area (TPSA) is 37.4 Å². The number of sulfonamides is 1. The molecule has 0 unspecified atom stereocenters. The highest BCUT2D eigenvalue weighted by molar-refractivity contribution is 7.92. The Morgan fingerprint density at radius 3 is 2.07 bits per heavy atom. The van der Waals surface area contributed by atoms with Crippen molar-refractivity contribution in [2.75, 3.05) is 17.1 Å². The van der Waals surface area contributed by atoms with E-state index in [-0.39, 0.29) is 12.4 Å². The molecule has 5 heteroatoms. The van der Waals surface area contributed by atoms with Gasteiger partial charge in [-0.2, -0.15) is 0 Å². The standard InChI is InChI=1S/C9H13NO2S.ClH/c1-3-10(13(2,11)12)9-7-5-4-6-8-9;/h4-8H,3H2,1-2H3;1H. The van der Waals surface area contributed by atoms with Gasteiger partial charge in [-0.15, -0.1) is 12.4 Å². The highest BCUT2D eigenvalue weighted by Crippen LogP contribution is 2.15. The molecule has 0 aliphatic heterocycles. The van der Waals surface area contributed by atoms with Gasteiger partial charge in [0.2, 0.25) is 10.0 Å². The molecule has 0 aromatic heterocycles. The third-order valence-electron chi connectivity index (χ3n) is 1.73. The zero-order chi connectivity index (χ0) is 9.90. The smallest absolute Gasteiger partial charge is 0.232 e. The number of anilines is 1. The average molecular weight is 236 g/mol.